The van der Waals surface area contributed by atoms with E-state index in [0.717, 1.165) is 30.8 Å². The molecule has 1 saturated heterocycles. The van der Waals surface area contributed by atoms with Gasteiger partial charge in [-0.05, 0) is 89.6 Å². The highest BCUT2D eigenvalue weighted by Gasteiger charge is 2.51. The van der Waals surface area contributed by atoms with E-state index in [9.17, 15) is 4.79 Å². The molecule has 2 N–H and O–H groups in total. The Hall–Kier alpha value is -0.320. The molecule has 1 aliphatic heterocycles. The lowest BCUT2D eigenvalue weighted by Gasteiger charge is -2.57. The summed E-state index contributed by atoms with van der Waals surface area (Å²) in [5.41, 5.74) is 0.151. The van der Waals surface area contributed by atoms with Crippen LogP contribution in [0.5, 0.6) is 0 Å². The highest BCUT2D eigenvalue weighted by molar-refractivity contribution is 5.85. The van der Waals surface area contributed by atoms with E-state index in [-0.39, 0.29) is 29.9 Å². The molecule has 1 heterocycles. The Morgan fingerprint density at radius 2 is 1.71 bits per heavy atom. The first-order valence-corrected chi connectivity index (χ1v) is 9.80. The van der Waals surface area contributed by atoms with Gasteiger partial charge >= 0.3 is 0 Å². The van der Waals surface area contributed by atoms with Crippen molar-refractivity contribution in [1.29, 1.82) is 0 Å². The van der Waals surface area contributed by atoms with Crippen LogP contribution in [0.25, 0.3) is 0 Å². The Morgan fingerprint density at radius 3 is 2.25 bits per heavy atom. The van der Waals surface area contributed by atoms with Crippen molar-refractivity contribution in [2.45, 2.75) is 75.9 Å². The Bertz CT molecular complexity index is 434. The van der Waals surface area contributed by atoms with E-state index in [1.807, 2.05) is 7.05 Å². The van der Waals surface area contributed by atoms with Gasteiger partial charge < -0.3 is 10.6 Å². The maximum Gasteiger partial charge on any atom is 0.237 e. The lowest BCUT2D eigenvalue weighted by atomic mass is 9.53. The van der Waals surface area contributed by atoms with Crippen LogP contribution in [-0.2, 0) is 4.79 Å². The van der Waals surface area contributed by atoms with Crippen LogP contribution in [-0.4, -0.2) is 48.6 Å². The lowest BCUT2D eigenvalue weighted by molar-refractivity contribution is -0.132. The number of likely N-dealkylation sites (tertiary alicyclic amines) is 1. The van der Waals surface area contributed by atoms with Crippen LogP contribution in [0, 0.1) is 17.8 Å². The molecule has 0 spiro atoms. The third-order valence-corrected chi connectivity index (χ3v) is 7.21. The van der Waals surface area contributed by atoms with E-state index in [1.54, 1.807) is 0 Å². The second-order valence-corrected chi connectivity index (χ2v) is 8.99. The third-order valence-electron chi connectivity index (χ3n) is 7.21. The molecule has 5 fully saturated rings. The normalized spacial score (nSPS) is 42.4. The minimum atomic E-state index is 0. The van der Waals surface area contributed by atoms with Gasteiger partial charge in [0.1, 0.15) is 0 Å². The molecule has 4 saturated carbocycles. The average Bonchev–Trinajstić information content (AvgIpc) is 2.52. The van der Waals surface area contributed by atoms with Crippen molar-refractivity contribution in [3.05, 3.63) is 0 Å². The third kappa shape index (κ3) is 3.47. The quantitative estimate of drug-likeness (QED) is 0.814. The van der Waals surface area contributed by atoms with Gasteiger partial charge in [-0.25, -0.2) is 0 Å². The van der Waals surface area contributed by atoms with Crippen LogP contribution in [0.1, 0.15) is 58.3 Å². The summed E-state index contributed by atoms with van der Waals surface area (Å²) in [5, 5.41) is 6.93. The molecule has 0 aromatic carbocycles. The molecule has 0 radical (unpaired) electrons. The molecule has 4 nitrogen and oxygen atoms in total. The number of likely N-dealkylation sites (N-methyl/N-ethyl adjacent to an activating group) is 1. The van der Waals surface area contributed by atoms with Crippen LogP contribution in [0.2, 0.25) is 0 Å². The molecule has 2 atom stereocenters. The van der Waals surface area contributed by atoms with E-state index in [1.165, 1.54) is 51.4 Å². The van der Waals surface area contributed by atoms with Gasteiger partial charge in [-0.2, -0.15) is 0 Å². The lowest BCUT2D eigenvalue weighted by Crippen LogP contribution is -2.63. The second-order valence-electron chi connectivity index (χ2n) is 8.99. The summed E-state index contributed by atoms with van der Waals surface area (Å²) in [6.45, 7) is 4.17. The molecule has 0 aromatic rings. The maximum absolute atomic E-state index is 12.9. The number of nitrogens with zero attached hydrogens (tertiary/aromatic N) is 1. The Balaban J connectivity index is 0.00000169. The van der Waals surface area contributed by atoms with Crippen LogP contribution < -0.4 is 10.6 Å². The minimum Gasteiger partial charge on any atom is -0.349 e. The molecule has 5 aliphatic rings. The molecule has 0 aromatic heterocycles. The number of halogens is 1. The molecule has 1 amide bonds. The Labute approximate surface area is 152 Å². The standard InChI is InChI=1S/C19H33N3O.ClH/c1-13(22-5-3-4-17(12-22)20-2)18(23)21-19-9-14-6-15(10-19)8-16(7-14)11-19;/h13-17,20H,3-12H2,1-2H3,(H,21,23);1H. The first-order valence-electron chi connectivity index (χ1n) is 9.80. The smallest absolute Gasteiger partial charge is 0.237 e. The zero-order valence-electron chi connectivity index (χ0n) is 15.2. The topological polar surface area (TPSA) is 44.4 Å². The summed E-state index contributed by atoms with van der Waals surface area (Å²) in [6, 6.07) is 0.553. The van der Waals surface area contributed by atoms with E-state index in [0.29, 0.717) is 6.04 Å². The minimum absolute atomic E-state index is 0. The molecular weight excluding hydrogens is 322 g/mol. The van der Waals surface area contributed by atoms with Crippen LogP contribution in [0.15, 0.2) is 0 Å². The van der Waals surface area contributed by atoms with E-state index < -0.39 is 0 Å². The fraction of sp³-hybridized carbons (Fsp3) is 0.947. The molecule has 138 valence electrons. The summed E-state index contributed by atoms with van der Waals surface area (Å²) in [5.74, 6) is 2.95. The van der Waals surface area contributed by atoms with Crippen molar-refractivity contribution in [1.82, 2.24) is 15.5 Å². The number of nitrogens with one attached hydrogen (secondary N) is 2. The van der Waals surface area contributed by atoms with Crippen molar-refractivity contribution in [3.63, 3.8) is 0 Å². The number of hydrogen-bond donors (Lipinski definition) is 2. The number of rotatable bonds is 4. The van der Waals surface area contributed by atoms with E-state index >= 15 is 0 Å². The van der Waals surface area contributed by atoms with Crippen LogP contribution in [0.3, 0.4) is 0 Å². The van der Waals surface area contributed by atoms with Gasteiger partial charge in [0, 0.05) is 18.1 Å². The number of piperidine rings is 1. The molecule has 5 heteroatoms. The number of carbonyl (C=O) groups is 1. The zero-order valence-corrected chi connectivity index (χ0v) is 16.0. The van der Waals surface area contributed by atoms with Crippen molar-refractivity contribution in [3.8, 4) is 0 Å². The van der Waals surface area contributed by atoms with Crippen LogP contribution in [0.4, 0.5) is 0 Å². The number of amides is 1. The van der Waals surface area contributed by atoms with Crippen molar-refractivity contribution >= 4 is 18.3 Å². The predicted molar refractivity (Wildman–Crippen MR) is 99.4 cm³/mol. The number of carbonyl (C=O) groups excluding carboxylic acids is 1. The Kier molecular flexibility index (Phi) is 5.48. The zero-order chi connectivity index (χ0) is 16.0. The first-order chi connectivity index (χ1) is 11.1. The van der Waals surface area contributed by atoms with Gasteiger partial charge in [0.25, 0.3) is 0 Å². The molecule has 2 unspecified atom stereocenters. The van der Waals surface area contributed by atoms with Crippen molar-refractivity contribution < 1.29 is 4.79 Å². The second kappa shape index (κ2) is 7.13. The summed E-state index contributed by atoms with van der Waals surface area (Å²) < 4.78 is 0. The summed E-state index contributed by atoms with van der Waals surface area (Å²) >= 11 is 0. The van der Waals surface area contributed by atoms with Crippen molar-refractivity contribution in [2.24, 2.45) is 17.8 Å². The van der Waals surface area contributed by atoms with Gasteiger partial charge in [-0.1, -0.05) is 0 Å². The maximum atomic E-state index is 12.9. The van der Waals surface area contributed by atoms with Crippen LogP contribution >= 0.6 is 12.4 Å². The highest BCUT2D eigenvalue weighted by Crippen LogP contribution is 2.55. The largest absolute Gasteiger partial charge is 0.349 e. The fourth-order valence-electron chi connectivity index (χ4n) is 6.39. The average molecular weight is 356 g/mol. The molecule has 4 aliphatic carbocycles. The van der Waals surface area contributed by atoms with Gasteiger partial charge in [-0.3, -0.25) is 9.69 Å². The number of hydrogen-bond acceptors (Lipinski definition) is 3. The molecule has 24 heavy (non-hydrogen) atoms. The SMILES string of the molecule is CNC1CCCN(C(C)C(=O)NC23CC4CC(CC(C4)C2)C3)C1.Cl. The Morgan fingerprint density at radius 1 is 1.12 bits per heavy atom. The van der Waals surface area contributed by atoms with E-state index in [4.69, 9.17) is 0 Å². The summed E-state index contributed by atoms with van der Waals surface area (Å²) in [6.07, 6.45) is 10.5. The molecule has 4 bridgehead atoms. The van der Waals surface area contributed by atoms with E-state index in [2.05, 4.69) is 22.5 Å². The van der Waals surface area contributed by atoms with Crippen molar-refractivity contribution in [2.75, 3.05) is 20.1 Å². The van der Waals surface area contributed by atoms with Gasteiger partial charge in [-0.15, -0.1) is 12.4 Å². The predicted octanol–water partition coefficient (Wildman–Crippen LogP) is 2.57. The summed E-state index contributed by atoms with van der Waals surface area (Å²) in [7, 11) is 2.04. The summed E-state index contributed by atoms with van der Waals surface area (Å²) in [4.78, 5) is 15.3. The van der Waals surface area contributed by atoms with Gasteiger partial charge in [0.2, 0.25) is 5.91 Å². The molecular formula is C19H34ClN3O. The van der Waals surface area contributed by atoms with Gasteiger partial charge in [0.05, 0.1) is 6.04 Å². The highest BCUT2D eigenvalue weighted by atomic mass is 35.5. The first kappa shape index (κ1) is 18.5. The monoisotopic (exact) mass is 355 g/mol. The molecule has 5 rings (SSSR count). The van der Waals surface area contributed by atoms with Gasteiger partial charge in [0.15, 0.2) is 0 Å². The fourth-order valence-corrected chi connectivity index (χ4v) is 6.39.